The van der Waals surface area contributed by atoms with Gasteiger partial charge in [-0.2, -0.15) is 0 Å². The van der Waals surface area contributed by atoms with Crippen molar-refractivity contribution in [1.82, 2.24) is 5.32 Å². The van der Waals surface area contributed by atoms with E-state index in [0.29, 0.717) is 11.8 Å². The molecule has 0 heterocycles. The molecule has 3 aromatic carbocycles. The summed E-state index contributed by atoms with van der Waals surface area (Å²) in [5.41, 5.74) is 5.82. The molecule has 0 aliphatic heterocycles. The van der Waals surface area contributed by atoms with Crippen LogP contribution in [0.15, 0.2) is 84.9 Å². The zero-order valence-electron chi connectivity index (χ0n) is 13.9. The number of fused-ring (bicyclic) bond motifs is 1. The third-order valence-corrected chi connectivity index (χ3v) is 5.10. The van der Waals surface area contributed by atoms with Crippen molar-refractivity contribution in [2.45, 2.75) is 24.8 Å². The topological polar surface area (TPSA) is 12.0 Å². The number of nitrogens with one attached hydrogen (secondary N) is 1. The molecular formula is C23H23N. The summed E-state index contributed by atoms with van der Waals surface area (Å²) in [5.74, 6) is 1.13. The fourth-order valence-corrected chi connectivity index (χ4v) is 3.92. The maximum absolute atomic E-state index is 3.66. The predicted octanol–water partition coefficient (Wildman–Crippen LogP) is 5.10. The first-order valence-electron chi connectivity index (χ1n) is 8.80. The lowest BCUT2D eigenvalue weighted by atomic mass is 9.93. The van der Waals surface area contributed by atoms with Gasteiger partial charge in [-0.3, -0.25) is 0 Å². The van der Waals surface area contributed by atoms with Crippen molar-refractivity contribution in [2.24, 2.45) is 0 Å². The summed E-state index contributed by atoms with van der Waals surface area (Å²) in [6.45, 7) is 1.98. The SMILES string of the molecule is c1ccc(CNCC2CC(c3ccccc3)c3ccccc32)cc1. The Balaban J connectivity index is 1.49. The van der Waals surface area contributed by atoms with Gasteiger partial charge in [0.2, 0.25) is 0 Å². The third-order valence-electron chi connectivity index (χ3n) is 5.10. The lowest BCUT2D eigenvalue weighted by Gasteiger charge is -2.14. The zero-order valence-corrected chi connectivity index (χ0v) is 13.9. The summed E-state index contributed by atoms with van der Waals surface area (Å²) in [5, 5.41) is 3.66. The zero-order chi connectivity index (χ0) is 16.2. The standard InChI is InChI=1S/C23H23N/c1-3-9-18(10-4-1)16-24-17-20-15-23(19-11-5-2-6-12-19)22-14-8-7-13-21(20)22/h1-14,20,23-24H,15-17H2. The second-order valence-corrected chi connectivity index (χ2v) is 6.64. The highest BCUT2D eigenvalue weighted by molar-refractivity contribution is 5.44. The molecule has 0 aromatic heterocycles. The minimum Gasteiger partial charge on any atom is -0.312 e. The van der Waals surface area contributed by atoms with E-state index in [1.54, 1.807) is 0 Å². The molecule has 0 bridgehead atoms. The first kappa shape index (κ1) is 15.2. The van der Waals surface area contributed by atoms with E-state index >= 15 is 0 Å². The van der Waals surface area contributed by atoms with E-state index in [2.05, 4.69) is 90.2 Å². The molecule has 2 unspecified atom stereocenters. The first-order valence-corrected chi connectivity index (χ1v) is 8.80. The summed E-state index contributed by atoms with van der Waals surface area (Å²) in [6, 6.07) is 30.6. The summed E-state index contributed by atoms with van der Waals surface area (Å²) in [7, 11) is 0. The average Bonchev–Trinajstić information content (AvgIpc) is 3.02. The number of hydrogen-bond donors (Lipinski definition) is 1. The van der Waals surface area contributed by atoms with E-state index in [4.69, 9.17) is 0 Å². The second-order valence-electron chi connectivity index (χ2n) is 6.64. The summed E-state index contributed by atoms with van der Waals surface area (Å²) >= 11 is 0. The van der Waals surface area contributed by atoms with Crippen molar-refractivity contribution >= 4 is 0 Å². The van der Waals surface area contributed by atoms with Crippen LogP contribution in [0.1, 0.15) is 40.5 Å². The van der Waals surface area contributed by atoms with Crippen molar-refractivity contribution in [1.29, 1.82) is 0 Å². The Labute approximate surface area is 144 Å². The van der Waals surface area contributed by atoms with Crippen molar-refractivity contribution in [3.63, 3.8) is 0 Å². The molecular weight excluding hydrogens is 290 g/mol. The van der Waals surface area contributed by atoms with Gasteiger partial charge >= 0.3 is 0 Å². The monoisotopic (exact) mass is 313 g/mol. The molecule has 2 atom stereocenters. The highest BCUT2D eigenvalue weighted by atomic mass is 14.9. The molecule has 3 aromatic rings. The Morgan fingerprint density at radius 3 is 2.08 bits per heavy atom. The smallest absolute Gasteiger partial charge is 0.0205 e. The van der Waals surface area contributed by atoms with Gasteiger partial charge in [-0.1, -0.05) is 84.9 Å². The van der Waals surface area contributed by atoms with E-state index in [0.717, 1.165) is 13.1 Å². The van der Waals surface area contributed by atoms with Gasteiger partial charge in [-0.05, 0) is 34.6 Å². The van der Waals surface area contributed by atoms with Gasteiger partial charge in [0.1, 0.15) is 0 Å². The van der Waals surface area contributed by atoms with E-state index < -0.39 is 0 Å². The van der Waals surface area contributed by atoms with Gasteiger partial charge in [-0.25, -0.2) is 0 Å². The number of benzene rings is 3. The van der Waals surface area contributed by atoms with Crippen molar-refractivity contribution in [3.05, 3.63) is 107 Å². The Morgan fingerprint density at radius 1 is 0.708 bits per heavy atom. The molecule has 1 N–H and O–H groups in total. The highest BCUT2D eigenvalue weighted by Crippen LogP contribution is 2.44. The predicted molar refractivity (Wildman–Crippen MR) is 100 cm³/mol. The Bertz CT molecular complexity index is 779. The minimum absolute atomic E-state index is 0.533. The normalized spacial score (nSPS) is 19.2. The summed E-state index contributed by atoms with van der Waals surface area (Å²) in [6.07, 6.45) is 1.20. The summed E-state index contributed by atoms with van der Waals surface area (Å²) in [4.78, 5) is 0. The van der Waals surface area contributed by atoms with Crippen LogP contribution in [-0.4, -0.2) is 6.54 Å². The van der Waals surface area contributed by atoms with E-state index in [1.165, 1.54) is 28.7 Å². The van der Waals surface area contributed by atoms with Gasteiger partial charge in [0.15, 0.2) is 0 Å². The molecule has 24 heavy (non-hydrogen) atoms. The molecule has 0 amide bonds. The van der Waals surface area contributed by atoms with Crippen LogP contribution in [0.3, 0.4) is 0 Å². The van der Waals surface area contributed by atoms with E-state index in [1.807, 2.05) is 0 Å². The van der Waals surface area contributed by atoms with E-state index in [-0.39, 0.29) is 0 Å². The fraction of sp³-hybridized carbons (Fsp3) is 0.217. The molecule has 4 rings (SSSR count). The quantitative estimate of drug-likeness (QED) is 0.691. The van der Waals surface area contributed by atoms with Crippen LogP contribution in [0.25, 0.3) is 0 Å². The maximum atomic E-state index is 3.66. The van der Waals surface area contributed by atoms with Crippen molar-refractivity contribution < 1.29 is 0 Å². The molecule has 0 spiro atoms. The largest absolute Gasteiger partial charge is 0.312 e. The van der Waals surface area contributed by atoms with Crippen LogP contribution in [0.2, 0.25) is 0 Å². The van der Waals surface area contributed by atoms with Crippen molar-refractivity contribution in [2.75, 3.05) is 6.54 Å². The highest BCUT2D eigenvalue weighted by Gasteiger charge is 2.31. The van der Waals surface area contributed by atoms with Gasteiger partial charge in [-0.15, -0.1) is 0 Å². The molecule has 120 valence electrons. The Kier molecular flexibility index (Phi) is 4.44. The van der Waals surface area contributed by atoms with Gasteiger partial charge in [0.05, 0.1) is 0 Å². The number of rotatable bonds is 5. The average molecular weight is 313 g/mol. The van der Waals surface area contributed by atoms with Crippen LogP contribution in [-0.2, 0) is 6.54 Å². The minimum atomic E-state index is 0.533. The molecule has 1 aliphatic rings. The van der Waals surface area contributed by atoms with Crippen LogP contribution < -0.4 is 5.32 Å². The number of hydrogen-bond acceptors (Lipinski definition) is 1. The lowest BCUT2D eigenvalue weighted by molar-refractivity contribution is 0.561. The van der Waals surface area contributed by atoms with Gasteiger partial charge < -0.3 is 5.32 Å². The van der Waals surface area contributed by atoms with Gasteiger partial charge in [0, 0.05) is 19.0 Å². The van der Waals surface area contributed by atoms with Crippen molar-refractivity contribution in [3.8, 4) is 0 Å². The Morgan fingerprint density at radius 2 is 1.33 bits per heavy atom. The van der Waals surface area contributed by atoms with Gasteiger partial charge in [0.25, 0.3) is 0 Å². The fourth-order valence-electron chi connectivity index (χ4n) is 3.92. The second kappa shape index (κ2) is 7.02. The Hall–Kier alpha value is -2.38. The lowest BCUT2D eigenvalue weighted by Crippen LogP contribution is -2.20. The maximum Gasteiger partial charge on any atom is 0.0205 e. The molecule has 0 saturated carbocycles. The molecule has 0 radical (unpaired) electrons. The molecule has 1 heteroatoms. The summed E-state index contributed by atoms with van der Waals surface area (Å²) < 4.78 is 0. The third kappa shape index (κ3) is 3.13. The molecule has 1 aliphatic carbocycles. The van der Waals surface area contributed by atoms with Crippen LogP contribution in [0, 0.1) is 0 Å². The van der Waals surface area contributed by atoms with Crippen LogP contribution in [0.5, 0.6) is 0 Å². The molecule has 0 saturated heterocycles. The van der Waals surface area contributed by atoms with Crippen LogP contribution in [0.4, 0.5) is 0 Å². The van der Waals surface area contributed by atoms with E-state index in [9.17, 15) is 0 Å². The van der Waals surface area contributed by atoms with Crippen LogP contribution >= 0.6 is 0 Å². The first-order chi connectivity index (χ1) is 11.9. The molecule has 1 nitrogen and oxygen atoms in total. The molecule has 0 fully saturated rings.